The highest BCUT2D eigenvalue weighted by Crippen LogP contribution is 2.14. The lowest BCUT2D eigenvalue weighted by molar-refractivity contribution is -0.119. The average Bonchev–Trinajstić information content (AvgIpc) is 2.89. The SMILES string of the molecule is CNCC(C)C(=O)Nc1ccnn1Cc1ccc(Br)cc1. The van der Waals surface area contributed by atoms with Gasteiger partial charge in [0.05, 0.1) is 12.7 Å². The molecule has 0 saturated heterocycles. The second-order valence-electron chi connectivity index (χ2n) is 4.95. The number of rotatable bonds is 6. The molecular weight excluding hydrogens is 332 g/mol. The van der Waals surface area contributed by atoms with Gasteiger partial charge in [0, 0.05) is 23.0 Å². The topological polar surface area (TPSA) is 59.0 Å². The third kappa shape index (κ3) is 4.41. The molecule has 6 heteroatoms. The summed E-state index contributed by atoms with van der Waals surface area (Å²) in [6, 6.07) is 9.85. The number of anilines is 1. The molecule has 0 fully saturated rings. The fraction of sp³-hybridized carbons (Fsp3) is 0.333. The molecule has 1 aromatic heterocycles. The molecule has 2 N–H and O–H groups in total. The van der Waals surface area contributed by atoms with Crippen LogP contribution < -0.4 is 10.6 Å². The molecule has 21 heavy (non-hydrogen) atoms. The summed E-state index contributed by atoms with van der Waals surface area (Å²) in [4.78, 5) is 12.1. The molecule has 1 atom stereocenters. The van der Waals surface area contributed by atoms with E-state index in [1.807, 2.05) is 44.3 Å². The fourth-order valence-electron chi connectivity index (χ4n) is 1.98. The molecule has 5 nitrogen and oxygen atoms in total. The molecule has 1 aromatic carbocycles. The summed E-state index contributed by atoms with van der Waals surface area (Å²) in [6.07, 6.45) is 1.69. The normalized spacial score (nSPS) is 12.1. The minimum atomic E-state index is -0.0916. The number of nitrogens with zero attached hydrogens (tertiary/aromatic N) is 2. The molecule has 0 aliphatic carbocycles. The van der Waals surface area contributed by atoms with E-state index in [1.165, 1.54) is 0 Å². The molecule has 1 heterocycles. The van der Waals surface area contributed by atoms with Crippen molar-refractivity contribution in [1.82, 2.24) is 15.1 Å². The van der Waals surface area contributed by atoms with Gasteiger partial charge in [-0.3, -0.25) is 4.79 Å². The van der Waals surface area contributed by atoms with E-state index in [4.69, 9.17) is 0 Å². The zero-order chi connectivity index (χ0) is 15.2. The molecule has 0 aliphatic heterocycles. The van der Waals surface area contributed by atoms with E-state index in [0.29, 0.717) is 18.9 Å². The Balaban J connectivity index is 2.04. The number of halogens is 1. The Kier molecular flexibility index (Phi) is 5.52. The zero-order valence-electron chi connectivity index (χ0n) is 12.1. The molecule has 1 unspecified atom stereocenters. The lowest BCUT2D eigenvalue weighted by atomic mass is 10.1. The van der Waals surface area contributed by atoms with E-state index in [0.717, 1.165) is 10.0 Å². The summed E-state index contributed by atoms with van der Waals surface area (Å²) in [5.41, 5.74) is 1.13. The third-order valence-corrected chi connectivity index (χ3v) is 3.70. The quantitative estimate of drug-likeness (QED) is 0.841. The van der Waals surface area contributed by atoms with Gasteiger partial charge in [0.25, 0.3) is 0 Å². The van der Waals surface area contributed by atoms with Crippen molar-refractivity contribution in [3.63, 3.8) is 0 Å². The maximum atomic E-state index is 12.1. The number of amides is 1. The van der Waals surface area contributed by atoms with Crippen molar-refractivity contribution in [2.24, 2.45) is 5.92 Å². The largest absolute Gasteiger partial charge is 0.319 e. The van der Waals surface area contributed by atoms with E-state index in [-0.39, 0.29) is 11.8 Å². The van der Waals surface area contributed by atoms with E-state index in [1.54, 1.807) is 10.9 Å². The Hall–Kier alpha value is -1.66. The van der Waals surface area contributed by atoms with Crippen molar-refractivity contribution in [2.75, 3.05) is 18.9 Å². The molecule has 2 rings (SSSR count). The second-order valence-corrected chi connectivity index (χ2v) is 5.86. The first-order valence-electron chi connectivity index (χ1n) is 6.82. The smallest absolute Gasteiger partial charge is 0.229 e. The maximum Gasteiger partial charge on any atom is 0.229 e. The summed E-state index contributed by atoms with van der Waals surface area (Å²) in [6.45, 7) is 3.16. The Morgan fingerprint density at radius 1 is 1.33 bits per heavy atom. The molecular formula is C15H19BrN4O. The van der Waals surface area contributed by atoms with Gasteiger partial charge in [-0.05, 0) is 24.7 Å². The predicted octanol–water partition coefficient (Wildman–Crippen LogP) is 2.49. The number of nitrogens with one attached hydrogen (secondary N) is 2. The van der Waals surface area contributed by atoms with Crippen LogP contribution in [-0.4, -0.2) is 29.3 Å². The molecule has 0 aliphatic rings. The summed E-state index contributed by atoms with van der Waals surface area (Å²) < 4.78 is 2.83. The van der Waals surface area contributed by atoms with Crippen molar-refractivity contribution in [1.29, 1.82) is 0 Å². The number of carbonyl (C=O) groups excluding carboxylic acids is 1. The van der Waals surface area contributed by atoms with Crippen LogP contribution in [0, 0.1) is 5.92 Å². The highest BCUT2D eigenvalue weighted by atomic mass is 79.9. The van der Waals surface area contributed by atoms with Crippen LogP contribution in [0.3, 0.4) is 0 Å². The van der Waals surface area contributed by atoms with E-state index < -0.39 is 0 Å². The van der Waals surface area contributed by atoms with Crippen LogP contribution in [0.2, 0.25) is 0 Å². The minimum absolute atomic E-state index is 0.0121. The summed E-state index contributed by atoms with van der Waals surface area (Å²) >= 11 is 3.42. The van der Waals surface area contributed by atoms with Crippen LogP contribution in [0.15, 0.2) is 41.0 Å². The highest BCUT2D eigenvalue weighted by molar-refractivity contribution is 9.10. The van der Waals surface area contributed by atoms with Gasteiger partial charge in [-0.25, -0.2) is 4.68 Å². The molecule has 1 amide bonds. The average molecular weight is 351 g/mol. The van der Waals surface area contributed by atoms with Gasteiger partial charge in [0.15, 0.2) is 0 Å². The van der Waals surface area contributed by atoms with Gasteiger partial charge in [0.1, 0.15) is 5.82 Å². The Labute approximate surface area is 132 Å². The van der Waals surface area contributed by atoms with Crippen LogP contribution in [0.4, 0.5) is 5.82 Å². The van der Waals surface area contributed by atoms with Gasteiger partial charge in [-0.15, -0.1) is 0 Å². The Morgan fingerprint density at radius 3 is 2.71 bits per heavy atom. The number of hydrogen-bond donors (Lipinski definition) is 2. The van der Waals surface area contributed by atoms with Gasteiger partial charge in [0.2, 0.25) is 5.91 Å². The minimum Gasteiger partial charge on any atom is -0.319 e. The summed E-state index contributed by atoms with van der Waals surface area (Å²) in [5, 5.41) is 10.2. The van der Waals surface area contributed by atoms with E-state index in [9.17, 15) is 4.79 Å². The lowest BCUT2D eigenvalue weighted by Gasteiger charge is -2.13. The predicted molar refractivity (Wildman–Crippen MR) is 87.2 cm³/mol. The Bertz CT molecular complexity index is 594. The highest BCUT2D eigenvalue weighted by Gasteiger charge is 2.14. The van der Waals surface area contributed by atoms with Gasteiger partial charge < -0.3 is 10.6 Å². The summed E-state index contributed by atoms with van der Waals surface area (Å²) in [7, 11) is 1.83. The Morgan fingerprint density at radius 2 is 2.05 bits per heavy atom. The number of benzene rings is 1. The molecule has 0 radical (unpaired) electrons. The van der Waals surface area contributed by atoms with E-state index >= 15 is 0 Å². The molecule has 112 valence electrons. The first-order chi connectivity index (χ1) is 10.1. The number of aromatic nitrogens is 2. The zero-order valence-corrected chi connectivity index (χ0v) is 13.7. The van der Waals surface area contributed by atoms with Crippen LogP contribution >= 0.6 is 15.9 Å². The monoisotopic (exact) mass is 350 g/mol. The van der Waals surface area contributed by atoms with Crippen molar-refractivity contribution in [3.05, 3.63) is 46.6 Å². The first-order valence-corrected chi connectivity index (χ1v) is 7.61. The van der Waals surface area contributed by atoms with Crippen molar-refractivity contribution >= 4 is 27.7 Å². The van der Waals surface area contributed by atoms with Gasteiger partial charge >= 0.3 is 0 Å². The summed E-state index contributed by atoms with van der Waals surface area (Å²) in [5.74, 6) is 0.610. The number of carbonyl (C=O) groups is 1. The van der Waals surface area contributed by atoms with Crippen LogP contribution in [0.5, 0.6) is 0 Å². The molecule has 0 spiro atoms. The standard InChI is InChI=1S/C15H19BrN4O/c1-11(9-17-2)15(21)19-14-7-8-18-20(14)10-12-3-5-13(16)6-4-12/h3-8,11,17H,9-10H2,1-2H3,(H,19,21). The second kappa shape index (κ2) is 7.38. The van der Waals surface area contributed by atoms with Crippen LogP contribution in [0.25, 0.3) is 0 Å². The maximum absolute atomic E-state index is 12.1. The lowest BCUT2D eigenvalue weighted by Crippen LogP contribution is -2.29. The van der Waals surface area contributed by atoms with Crippen molar-refractivity contribution in [2.45, 2.75) is 13.5 Å². The molecule has 2 aromatic rings. The fourth-order valence-corrected chi connectivity index (χ4v) is 2.24. The van der Waals surface area contributed by atoms with Crippen molar-refractivity contribution < 1.29 is 4.79 Å². The van der Waals surface area contributed by atoms with Crippen LogP contribution in [-0.2, 0) is 11.3 Å². The van der Waals surface area contributed by atoms with Gasteiger partial charge in [-0.1, -0.05) is 35.0 Å². The number of hydrogen-bond acceptors (Lipinski definition) is 3. The molecule has 0 saturated carbocycles. The molecule has 0 bridgehead atoms. The van der Waals surface area contributed by atoms with Crippen LogP contribution in [0.1, 0.15) is 12.5 Å². The van der Waals surface area contributed by atoms with E-state index in [2.05, 4.69) is 31.7 Å². The van der Waals surface area contributed by atoms with Gasteiger partial charge in [-0.2, -0.15) is 5.10 Å². The van der Waals surface area contributed by atoms with Crippen molar-refractivity contribution in [3.8, 4) is 0 Å². The first kappa shape index (κ1) is 15.7. The third-order valence-electron chi connectivity index (χ3n) is 3.17.